The second-order valence-electron chi connectivity index (χ2n) is 3.09. The largest absolute Gasteiger partial charge is 0.291 e. The van der Waals surface area contributed by atoms with E-state index >= 15 is 0 Å². The van der Waals surface area contributed by atoms with E-state index in [2.05, 4.69) is 22.7 Å². The van der Waals surface area contributed by atoms with Gasteiger partial charge in [-0.25, -0.2) is 0 Å². The van der Waals surface area contributed by atoms with Crippen LogP contribution in [-0.2, 0) is 0 Å². The number of aromatic nitrogens is 1. The van der Waals surface area contributed by atoms with Crippen LogP contribution in [0.25, 0.3) is 0 Å². The lowest BCUT2D eigenvalue weighted by Gasteiger charge is -1.93. The molecule has 0 saturated carbocycles. The van der Waals surface area contributed by atoms with Crippen LogP contribution in [0.2, 0.25) is 0 Å². The van der Waals surface area contributed by atoms with Gasteiger partial charge in [0.1, 0.15) is 0 Å². The van der Waals surface area contributed by atoms with Crippen LogP contribution in [0.1, 0.15) is 38.3 Å². The van der Waals surface area contributed by atoms with Crippen LogP contribution in [0.3, 0.4) is 0 Å². The minimum absolute atomic E-state index is 0.756. The Balaban J connectivity index is 2.05. The maximum atomic E-state index is 4.32. The van der Waals surface area contributed by atoms with Gasteiger partial charge in [-0.05, 0) is 12.2 Å². The normalized spacial score (nSPS) is 11.8. The van der Waals surface area contributed by atoms with Gasteiger partial charge in [0.15, 0.2) is 0 Å². The molecule has 13 heavy (non-hydrogen) atoms. The summed E-state index contributed by atoms with van der Waals surface area (Å²) in [7, 11) is 0.756. The summed E-state index contributed by atoms with van der Waals surface area (Å²) >= 11 is 0. The van der Waals surface area contributed by atoms with E-state index < -0.39 is 0 Å². The summed E-state index contributed by atoms with van der Waals surface area (Å²) in [5, 5.41) is 0. The Labute approximate surface area is 81.6 Å². The first-order valence-corrected chi connectivity index (χ1v) is 6.07. The van der Waals surface area contributed by atoms with E-state index in [9.17, 15) is 0 Å². The van der Waals surface area contributed by atoms with Crippen LogP contribution in [0, 0.1) is 0 Å². The molecular formula is C10H17N2P. The molecule has 72 valence electrons. The minimum atomic E-state index is 0.756. The molecule has 1 aromatic heterocycles. The Bertz CT molecular complexity index is 229. The topological polar surface area (TPSA) is 25.2 Å². The van der Waals surface area contributed by atoms with Gasteiger partial charge in [-0.1, -0.05) is 26.2 Å². The maximum Gasteiger partial charge on any atom is 0.0849 e. The second-order valence-corrected chi connectivity index (χ2v) is 3.97. The molecule has 3 heteroatoms. The summed E-state index contributed by atoms with van der Waals surface area (Å²) in [4.78, 5) is 8.49. The quantitative estimate of drug-likeness (QED) is 0.507. The van der Waals surface area contributed by atoms with Crippen molar-refractivity contribution in [3.8, 4) is 0 Å². The smallest absolute Gasteiger partial charge is 0.0849 e. The maximum absolute atomic E-state index is 4.32. The lowest BCUT2D eigenvalue weighted by atomic mass is 10.2. The first-order chi connectivity index (χ1) is 6.43. The fourth-order valence-electron chi connectivity index (χ4n) is 1.13. The van der Waals surface area contributed by atoms with Gasteiger partial charge in [0.05, 0.1) is 5.69 Å². The molecule has 0 amide bonds. The number of aliphatic imine (C=N–C) groups is 1. The Morgan fingerprint density at radius 3 is 3.08 bits per heavy atom. The summed E-state index contributed by atoms with van der Waals surface area (Å²) in [6.07, 6.45) is 7.03. The Morgan fingerprint density at radius 1 is 1.46 bits per heavy atom. The molecule has 0 spiro atoms. The molecule has 1 atom stereocenters. The van der Waals surface area contributed by atoms with Crippen LogP contribution in [-0.4, -0.2) is 17.7 Å². The van der Waals surface area contributed by atoms with E-state index in [0.29, 0.717) is 0 Å². The van der Waals surface area contributed by atoms with Gasteiger partial charge in [-0.15, -0.1) is 8.19 Å². The van der Waals surface area contributed by atoms with E-state index in [-0.39, 0.29) is 0 Å². The van der Waals surface area contributed by atoms with Crippen molar-refractivity contribution in [2.75, 3.05) is 6.54 Å². The third-order valence-corrected chi connectivity index (χ3v) is 2.62. The van der Waals surface area contributed by atoms with Gasteiger partial charge in [0.2, 0.25) is 0 Å². The Hall–Kier alpha value is -0.620. The van der Waals surface area contributed by atoms with Gasteiger partial charge >= 0.3 is 0 Å². The fourth-order valence-corrected chi connectivity index (χ4v) is 1.75. The lowest BCUT2D eigenvalue weighted by molar-refractivity contribution is 0.676. The second kappa shape index (κ2) is 6.85. The van der Waals surface area contributed by atoms with E-state index in [1.165, 1.54) is 25.7 Å². The summed E-state index contributed by atoms with van der Waals surface area (Å²) in [6.45, 7) is 3.18. The van der Waals surface area contributed by atoms with Crippen molar-refractivity contribution in [3.63, 3.8) is 0 Å². The third-order valence-electron chi connectivity index (χ3n) is 1.88. The molecule has 0 fully saturated rings. The van der Waals surface area contributed by atoms with Crippen LogP contribution < -0.4 is 0 Å². The van der Waals surface area contributed by atoms with Crippen molar-refractivity contribution in [2.45, 2.75) is 32.6 Å². The van der Waals surface area contributed by atoms with Crippen molar-refractivity contribution >= 4 is 14.4 Å². The highest BCUT2D eigenvalue weighted by Gasteiger charge is 1.87. The zero-order valence-corrected chi connectivity index (χ0v) is 9.16. The number of hydrogen-bond donors (Lipinski definition) is 0. The van der Waals surface area contributed by atoms with Gasteiger partial charge in [0, 0.05) is 18.7 Å². The molecule has 1 rings (SSSR count). The molecule has 0 saturated heterocycles. The lowest BCUT2D eigenvalue weighted by Crippen LogP contribution is -1.85. The van der Waals surface area contributed by atoms with Gasteiger partial charge in [-0.2, -0.15) is 0 Å². The van der Waals surface area contributed by atoms with Crippen LogP contribution in [0.15, 0.2) is 16.7 Å². The third kappa shape index (κ3) is 4.84. The molecule has 2 nitrogen and oxygen atoms in total. The molecule has 0 N–H and O–H groups in total. The molecule has 1 aromatic rings. The molecule has 0 aliphatic carbocycles. The highest BCUT2D eigenvalue weighted by molar-refractivity contribution is 7.28. The van der Waals surface area contributed by atoms with E-state index in [1.807, 2.05) is 12.1 Å². The van der Waals surface area contributed by atoms with Crippen molar-refractivity contribution < 1.29 is 0 Å². The van der Waals surface area contributed by atoms with Gasteiger partial charge < -0.3 is 0 Å². The first kappa shape index (κ1) is 10.5. The van der Waals surface area contributed by atoms with E-state index in [1.54, 1.807) is 0 Å². The monoisotopic (exact) mass is 196 g/mol. The SMILES string of the molecule is CCCCCCN=Cc1c[pH]cn1. The average molecular weight is 196 g/mol. The van der Waals surface area contributed by atoms with Crippen LogP contribution in [0.4, 0.5) is 0 Å². The predicted octanol–water partition coefficient (Wildman–Crippen LogP) is 3.11. The van der Waals surface area contributed by atoms with Crippen LogP contribution in [0.5, 0.6) is 0 Å². The molecule has 0 aromatic carbocycles. The molecule has 0 aliphatic rings. The zero-order valence-electron chi connectivity index (χ0n) is 8.16. The highest BCUT2D eigenvalue weighted by Crippen LogP contribution is 2.04. The summed E-state index contributed by atoms with van der Waals surface area (Å²) in [6, 6.07) is 0. The number of rotatable bonds is 6. The minimum Gasteiger partial charge on any atom is -0.291 e. The standard InChI is InChI=1S/C10H17N2P/c1-2-3-4-5-6-11-7-10-8-13-9-12-10/h7-9,13H,2-6H2,1H3. The fraction of sp³-hybridized carbons (Fsp3) is 0.600. The zero-order chi connectivity index (χ0) is 9.36. The molecule has 0 aliphatic heterocycles. The molecule has 0 bridgehead atoms. The van der Waals surface area contributed by atoms with Crippen LogP contribution >= 0.6 is 8.19 Å². The molecule has 0 radical (unpaired) electrons. The number of nitrogens with zero attached hydrogens (tertiary/aromatic N) is 2. The van der Waals surface area contributed by atoms with E-state index in [0.717, 1.165) is 20.4 Å². The highest BCUT2D eigenvalue weighted by atomic mass is 31.0. The van der Waals surface area contributed by atoms with E-state index in [4.69, 9.17) is 0 Å². The number of unbranched alkanes of at least 4 members (excludes halogenated alkanes) is 3. The molecular weight excluding hydrogens is 179 g/mol. The average Bonchev–Trinajstić information content (AvgIpc) is 2.63. The Morgan fingerprint density at radius 2 is 2.38 bits per heavy atom. The van der Waals surface area contributed by atoms with Crippen molar-refractivity contribution in [3.05, 3.63) is 17.4 Å². The first-order valence-electron chi connectivity index (χ1n) is 4.92. The summed E-state index contributed by atoms with van der Waals surface area (Å²) in [5.41, 5.74) is 1.04. The molecule has 1 unspecified atom stereocenters. The van der Waals surface area contributed by atoms with Gasteiger partial charge in [0.25, 0.3) is 0 Å². The van der Waals surface area contributed by atoms with Crippen molar-refractivity contribution in [1.29, 1.82) is 0 Å². The predicted molar refractivity (Wildman–Crippen MR) is 60.3 cm³/mol. The summed E-state index contributed by atoms with van der Waals surface area (Å²) < 4.78 is 0. The molecule has 1 heterocycles. The Kier molecular flexibility index (Phi) is 5.51. The number of hydrogen-bond acceptors (Lipinski definition) is 2. The summed E-state index contributed by atoms with van der Waals surface area (Å²) in [5.74, 6) is 4.06. The van der Waals surface area contributed by atoms with Gasteiger partial charge in [-0.3, -0.25) is 9.98 Å². The van der Waals surface area contributed by atoms with Crippen molar-refractivity contribution in [2.24, 2.45) is 4.99 Å². The van der Waals surface area contributed by atoms with Crippen molar-refractivity contribution in [1.82, 2.24) is 4.98 Å².